The molecule has 0 aliphatic carbocycles. The highest BCUT2D eigenvalue weighted by Gasteiger charge is 2.29. The molecule has 3 N–H and O–H groups in total. The molecule has 1 amide bonds. The number of amides is 1. The van der Waals surface area contributed by atoms with Gasteiger partial charge in [-0.1, -0.05) is 6.92 Å². The van der Waals surface area contributed by atoms with E-state index >= 15 is 0 Å². The standard InChI is InChI=1S/C12H18N2O5S2/c1-4-5-13-11(15)8(3)14-21(18,19)10-7(2)6-20-9(10)12(16)17/h6,8,14H,4-5H2,1-3H3,(H,13,15)(H,16,17). The molecule has 1 heterocycles. The largest absolute Gasteiger partial charge is 0.477 e. The third-order valence-corrected chi connectivity index (χ3v) is 5.60. The van der Waals surface area contributed by atoms with Gasteiger partial charge in [0.05, 0.1) is 6.04 Å². The maximum atomic E-state index is 12.3. The van der Waals surface area contributed by atoms with Crippen molar-refractivity contribution in [2.24, 2.45) is 0 Å². The minimum atomic E-state index is -4.07. The van der Waals surface area contributed by atoms with Gasteiger partial charge >= 0.3 is 5.97 Å². The zero-order valence-corrected chi connectivity index (χ0v) is 13.6. The molecule has 0 radical (unpaired) electrons. The second kappa shape index (κ2) is 7.01. The first kappa shape index (κ1) is 17.6. The van der Waals surface area contributed by atoms with E-state index in [-0.39, 0.29) is 9.77 Å². The maximum absolute atomic E-state index is 12.3. The van der Waals surface area contributed by atoms with Crippen LogP contribution in [0.5, 0.6) is 0 Å². The second-order valence-corrected chi connectivity index (χ2v) is 7.05. The van der Waals surface area contributed by atoms with Gasteiger partial charge in [-0.25, -0.2) is 13.2 Å². The molecule has 0 aliphatic rings. The number of thiophene rings is 1. The van der Waals surface area contributed by atoms with Crippen LogP contribution in [0, 0.1) is 6.92 Å². The van der Waals surface area contributed by atoms with Gasteiger partial charge in [-0.3, -0.25) is 4.79 Å². The summed E-state index contributed by atoms with van der Waals surface area (Å²) < 4.78 is 26.8. The molecule has 9 heteroatoms. The fraction of sp³-hybridized carbons (Fsp3) is 0.500. The van der Waals surface area contributed by atoms with E-state index in [1.54, 1.807) is 0 Å². The summed E-state index contributed by atoms with van der Waals surface area (Å²) >= 11 is 0.841. The lowest BCUT2D eigenvalue weighted by atomic mass is 10.3. The van der Waals surface area contributed by atoms with Crippen molar-refractivity contribution < 1.29 is 23.1 Å². The topological polar surface area (TPSA) is 113 Å². The van der Waals surface area contributed by atoms with Crippen LogP contribution in [0.15, 0.2) is 10.3 Å². The summed E-state index contributed by atoms with van der Waals surface area (Å²) in [4.78, 5) is 22.2. The smallest absolute Gasteiger partial charge is 0.347 e. The van der Waals surface area contributed by atoms with Crippen LogP contribution < -0.4 is 10.0 Å². The molecule has 118 valence electrons. The number of sulfonamides is 1. The highest BCUT2D eigenvalue weighted by molar-refractivity contribution is 7.89. The number of hydrogen-bond acceptors (Lipinski definition) is 5. The molecule has 1 aromatic rings. The fourth-order valence-corrected chi connectivity index (χ4v) is 4.50. The Balaban J connectivity index is 3.00. The third-order valence-electron chi connectivity index (χ3n) is 2.66. The van der Waals surface area contributed by atoms with Gasteiger partial charge < -0.3 is 10.4 Å². The van der Waals surface area contributed by atoms with Gasteiger partial charge in [-0.05, 0) is 31.2 Å². The SMILES string of the molecule is CCCNC(=O)C(C)NS(=O)(=O)c1c(C)csc1C(=O)O. The maximum Gasteiger partial charge on any atom is 0.347 e. The fourth-order valence-electron chi connectivity index (χ4n) is 1.66. The minimum Gasteiger partial charge on any atom is -0.477 e. The number of nitrogens with one attached hydrogen (secondary N) is 2. The van der Waals surface area contributed by atoms with Crippen molar-refractivity contribution in [1.29, 1.82) is 0 Å². The van der Waals surface area contributed by atoms with Gasteiger partial charge in [0, 0.05) is 6.54 Å². The van der Waals surface area contributed by atoms with Crippen LogP contribution in [-0.4, -0.2) is 38.0 Å². The highest BCUT2D eigenvalue weighted by atomic mass is 32.2. The number of aromatic carboxylic acids is 1. The Labute approximate surface area is 127 Å². The molecule has 0 spiro atoms. The lowest BCUT2D eigenvalue weighted by molar-refractivity contribution is -0.122. The van der Waals surface area contributed by atoms with Crippen LogP contribution in [-0.2, 0) is 14.8 Å². The Morgan fingerprint density at radius 2 is 2.05 bits per heavy atom. The number of hydrogen-bond donors (Lipinski definition) is 3. The van der Waals surface area contributed by atoms with E-state index in [9.17, 15) is 18.0 Å². The van der Waals surface area contributed by atoms with E-state index in [0.717, 1.165) is 17.8 Å². The first-order valence-electron chi connectivity index (χ1n) is 6.32. The van der Waals surface area contributed by atoms with Gasteiger partial charge in [0.1, 0.15) is 9.77 Å². The van der Waals surface area contributed by atoms with Crippen LogP contribution in [0.4, 0.5) is 0 Å². The van der Waals surface area contributed by atoms with Crippen molar-refractivity contribution in [1.82, 2.24) is 10.0 Å². The zero-order chi connectivity index (χ0) is 16.2. The Kier molecular flexibility index (Phi) is 5.87. The summed E-state index contributed by atoms with van der Waals surface area (Å²) in [6, 6.07) is -0.984. The van der Waals surface area contributed by atoms with E-state index in [1.807, 2.05) is 6.92 Å². The van der Waals surface area contributed by atoms with Crippen LogP contribution in [0.3, 0.4) is 0 Å². The zero-order valence-electron chi connectivity index (χ0n) is 12.0. The third kappa shape index (κ3) is 4.26. The van der Waals surface area contributed by atoms with Crippen LogP contribution in [0.2, 0.25) is 0 Å². The van der Waals surface area contributed by atoms with Gasteiger partial charge in [-0.2, -0.15) is 4.72 Å². The highest BCUT2D eigenvalue weighted by Crippen LogP contribution is 2.26. The predicted octanol–water partition coefficient (Wildman–Crippen LogP) is 0.948. The van der Waals surface area contributed by atoms with E-state index in [4.69, 9.17) is 5.11 Å². The molecule has 0 saturated heterocycles. The van der Waals surface area contributed by atoms with Gasteiger partial charge in [0.15, 0.2) is 0 Å². The van der Waals surface area contributed by atoms with Crippen molar-refractivity contribution >= 4 is 33.2 Å². The van der Waals surface area contributed by atoms with E-state index in [0.29, 0.717) is 12.1 Å². The molecule has 21 heavy (non-hydrogen) atoms. The first-order chi connectivity index (χ1) is 9.70. The average molecular weight is 334 g/mol. The van der Waals surface area contributed by atoms with E-state index in [2.05, 4.69) is 10.0 Å². The molecule has 0 aliphatic heterocycles. The number of carboxylic acid groups (broad SMARTS) is 1. The molecule has 1 unspecified atom stereocenters. The van der Waals surface area contributed by atoms with Gasteiger partial charge in [-0.15, -0.1) is 11.3 Å². The Morgan fingerprint density at radius 3 is 2.57 bits per heavy atom. The molecule has 0 bridgehead atoms. The Bertz CT molecular complexity index is 636. The quantitative estimate of drug-likeness (QED) is 0.687. The normalized spacial score (nSPS) is 12.9. The average Bonchev–Trinajstić information content (AvgIpc) is 2.78. The monoisotopic (exact) mass is 334 g/mol. The summed E-state index contributed by atoms with van der Waals surface area (Å²) in [7, 11) is -4.07. The van der Waals surface area contributed by atoms with Crippen molar-refractivity contribution in [3.63, 3.8) is 0 Å². The molecule has 7 nitrogen and oxygen atoms in total. The first-order valence-corrected chi connectivity index (χ1v) is 8.68. The van der Waals surface area contributed by atoms with Gasteiger partial charge in [0.2, 0.25) is 15.9 Å². The Hall–Kier alpha value is -1.45. The summed E-state index contributed by atoms with van der Waals surface area (Å²) in [5.74, 6) is -1.76. The van der Waals surface area contributed by atoms with Gasteiger partial charge in [0.25, 0.3) is 0 Å². The molecule has 0 aromatic carbocycles. The van der Waals surface area contributed by atoms with Crippen molar-refractivity contribution in [2.45, 2.75) is 38.1 Å². The predicted molar refractivity (Wildman–Crippen MR) is 79.1 cm³/mol. The molecule has 1 atom stereocenters. The van der Waals surface area contributed by atoms with Crippen molar-refractivity contribution in [3.8, 4) is 0 Å². The van der Waals surface area contributed by atoms with E-state index in [1.165, 1.54) is 19.2 Å². The van der Waals surface area contributed by atoms with Crippen LogP contribution in [0.1, 0.15) is 35.5 Å². The van der Waals surface area contributed by atoms with Crippen molar-refractivity contribution in [2.75, 3.05) is 6.54 Å². The van der Waals surface area contributed by atoms with Crippen LogP contribution >= 0.6 is 11.3 Å². The second-order valence-electron chi connectivity index (χ2n) is 4.52. The summed E-state index contributed by atoms with van der Waals surface area (Å²) in [5, 5.41) is 13.1. The lowest BCUT2D eigenvalue weighted by Gasteiger charge is -2.14. The summed E-state index contributed by atoms with van der Waals surface area (Å²) in [5.41, 5.74) is 0.339. The van der Waals surface area contributed by atoms with Crippen LogP contribution in [0.25, 0.3) is 0 Å². The number of aryl methyl sites for hydroxylation is 1. The summed E-state index contributed by atoms with van der Waals surface area (Å²) in [6.45, 7) is 5.25. The Morgan fingerprint density at radius 1 is 1.43 bits per heavy atom. The summed E-state index contributed by atoms with van der Waals surface area (Å²) in [6.07, 6.45) is 0.734. The number of carboxylic acids is 1. The lowest BCUT2D eigenvalue weighted by Crippen LogP contribution is -2.45. The molecule has 1 rings (SSSR count). The number of carbonyl (C=O) groups excluding carboxylic acids is 1. The minimum absolute atomic E-state index is 0.263. The number of carbonyl (C=O) groups is 2. The molecular formula is C12H18N2O5S2. The number of rotatable bonds is 7. The molecule has 0 fully saturated rings. The van der Waals surface area contributed by atoms with Crippen molar-refractivity contribution in [3.05, 3.63) is 15.8 Å². The van der Waals surface area contributed by atoms with E-state index < -0.39 is 27.9 Å². The molecule has 1 aromatic heterocycles. The molecule has 0 saturated carbocycles. The molecular weight excluding hydrogens is 316 g/mol.